The van der Waals surface area contributed by atoms with Gasteiger partial charge >= 0.3 is 5.97 Å². The second-order valence-corrected chi connectivity index (χ2v) is 3.41. The molecule has 0 saturated heterocycles. The van der Waals surface area contributed by atoms with Gasteiger partial charge in [0.1, 0.15) is 0 Å². The van der Waals surface area contributed by atoms with Gasteiger partial charge in [0, 0.05) is 5.57 Å². The van der Waals surface area contributed by atoms with Gasteiger partial charge in [-0.25, -0.2) is 4.79 Å². The topological polar surface area (TPSA) is 61.1 Å². The molecule has 0 spiro atoms. The Bertz CT molecular complexity index is 507. The Morgan fingerprint density at radius 2 is 2.18 bits per heavy atom. The first-order chi connectivity index (χ1) is 8.19. The zero-order valence-corrected chi connectivity index (χ0v) is 9.55. The maximum atomic E-state index is 10.7. The van der Waals surface area contributed by atoms with Crippen LogP contribution in [0.5, 0.6) is 0 Å². The molecule has 1 N–H and O–H groups in total. The van der Waals surface area contributed by atoms with Gasteiger partial charge in [0.15, 0.2) is 0 Å². The lowest BCUT2D eigenvalue weighted by atomic mass is 10.1. The van der Waals surface area contributed by atoms with Crippen LogP contribution in [0.15, 0.2) is 42.0 Å². The van der Waals surface area contributed by atoms with Crippen molar-refractivity contribution in [1.29, 1.82) is 5.26 Å². The van der Waals surface area contributed by atoms with Crippen LogP contribution in [0.25, 0.3) is 6.08 Å². The van der Waals surface area contributed by atoms with Crippen molar-refractivity contribution >= 4 is 12.0 Å². The number of nitriles is 1. The van der Waals surface area contributed by atoms with Crippen molar-refractivity contribution in [2.24, 2.45) is 0 Å². The minimum Gasteiger partial charge on any atom is -0.478 e. The van der Waals surface area contributed by atoms with E-state index < -0.39 is 5.97 Å². The van der Waals surface area contributed by atoms with E-state index in [0.29, 0.717) is 17.6 Å². The maximum absolute atomic E-state index is 10.7. The standard InChI is InChI=1S/C14H13NO2/c1-2-11(14(16)17)8-5-9-12-6-3-4-7-13(12)10-15/h3-9H,2H2,1H3,(H,16,17). The van der Waals surface area contributed by atoms with Gasteiger partial charge in [0.2, 0.25) is 0 Å². The minimum absolute atomic E-state index is 0.343. The lowest BCUT2D eigenvalue weighted by molar-refractivity contribution is -0.132. The second kappa shape index (κ2) is 6.29. The monoisotopic (exact) mass is 227 g/mol. The Hall–Kier alpha value is -2.34. The van der Waals surface area contributed by atoms with Gasteiger partial charge in [0.25, 0.3) is 0 Å². The Labute approximate surface area is 100 Å². The summed E-state index contributed by atoms with van der Waals surface area (Å²) in [5.41, 5.74) is 1.70. The summed E-state index contributed by atoms with van der Waals surface area (Å²) in [6, 6.07) is 9.25. The molecule has 1 aromatic carbocycles. The molecule has 0 heterocycles. The third-order valence-electron chi connectivity index (χ3n) is 2.31. The van der Waals surface area contributed by atoms with Crippen molar-refractivity contribution in [3.05, 3.63) is 53.1 Å². The summed E-state index contributed by atoms with van der Waals surface area (Å²) in [6.45, 7) is 1.79. The van der Waals surface area contributed by atoms with Gasteiger partial charge in [-0.2, -0.15) is 5.26 Å². The van der Waals surface area contributed by atoms with E-state index in [0.717, 1.165) is 5.56 Å². The molecule has 0 aliphatic carbocycles. The Morgan fingerprint density at radius 3 is 2.76 bits per heavy atom. The van der Waals surface area contributed by atoms with Crippen molar-refractivity contribution in [3.8, 4) is 6.07 Å². The van der Waals surface area contributed by atoms with E-state index in [9.17, 15) is 4.79 Å². The molecule has 3 nitrogen and oxygen atoms in total. The molecular weight excluding hydrogens is 214 g/mol. The van der Waals surface area contributed by atoms with Gasteiger partial charge < -0.3 is 5.11 Å². The van der Waals surface area contributed by atoms with Crippen molar-refractivity contribution in [1.82, 2.24) is 0 Å². The fourth-order valence-corrected chi connectivity index (χ4v) is 1.35. The van der Waals surface area contributed by atoms with Crippen LogP contribution in [0.4, 0.5) is 0 Å². The number of allylic oxidation sites excluding steroid dienone is 2. The van der Waals surface area contributed by atoms with E-state index in [1.807, 2.05) is 12.1 Å². The molecule has 0 bridgehead atoms. The summed E-state index contributed by atoms with van der Waals surface area (Å²) in [6.07, 6.45) is 5.41. The van der Waals surface area contributed by atoms with E-state index >= 15 is 0 Å². The summed E-state index contributed by atoms with van der Waals surface area (Å²) in [5.74, 6) is -0.911. The van der Waals surface area contributed by atoms with E-state index in [1.54, 1.807) is 37.3 Å². The fraction of sp³-hybridized carbons (Fsp3) is 0.143. The molecule has 0 aliphatic rings. The Balaban J connectivity index is 2.92. The van der Waals surface area contributed by atoms with Crippen LogP contribution in [0, 0.1) is 11.3 Å². The molecule has 86 valence electrons. The van der Waals surface area contributed by atoms with E-state index in [1.165, 1.54) is 0 Å². The molecule has 0 aliphatic heterocycles. The summed E-state index contributed by atoms with van der Waals surface area (Å²) in [4.78, 5) is 10.7. The van der Waals surface area contributed by atoms with Gasteiger partial charge in [-0.3, -0.25) is 0 Å². The average Bonchev–Trinajstić information content (AvgIpc) is 2.34. The zero-order chi connectivity index (χ0) is 12.7. The van der Waals surface area contributed by atoms with Crippen molar-refractivity contribution in [2.75, 3.05) is 0 Å². The minimum atomic E-state index is -0.911. The molecule has 0 radical (unpaired) electrons. The molecule has 1 rings (SSSR count). The molecule has 0 amide bonds. The number of nitrogens with zero attached hydrogens (tertiary/aromatic N) is 1. The number of hydrogen-bond acceptors (Lipinski definition) is 2. The predicted octanol–water partition coefficient (Wildman–Crippen LogP) is 2.99. The normalized spacial score (nSPS) is 11.4. The molecule has 1 aromatic rings. The number of carboxylic acids is 1. The third-order valence-corrected chi connectivity index (χ3v) is 2.31. The van der Waals surface area contributed by atoms with Crippen LogP contribution < -0.4 is 0 Å². The number of carbonyl (C=O) groups is 1. The molecule has 0 atom stereocenters. The third kappa shape index (κ3) is 3.62. The summed E-state index contributed by atoms with van der Waals surface area (Å²) < 4.78 is 0. The molecular formula is C14H13NO2. The highest BCUT2D eigenvalue weighted by molar-refractivity contribution is 5.87. The molecule has 0 aromatic heterocycles. The highest BCUT2D eigenvalue weighted by Gasteiger charge is 2.01. The summed E-state index contributed by atoms with van der Waals surface area (Å²) >= 11 is 0. The van der Waals surface area contributed by atoms with Crippen molar-refractivity contribution in [2.45, 2.75) is 13.3 Å². The second-order valence-electron chi connectivity index (χ2n) is 3.41. The Morgan fingerprint density at radius 1 is 1.47 bits per heavy atom. The number of benzene rings is 1. The van der Waals surface area contributed by atoms with Crippen molar-refractivity contribution < 1.29 is 9.90 Å². The smallest absolute Gasteiger partial charge is 0.331 e. The van der Waals surface area contributed by atoms with Crippen molar-refractivity contribution in [3.63, 3.8) is 0 Å². The first-order valence-corrected chi connectivity index (χ1v) is 5.28. The molecule has 3 heteroatoms. The van der Waals surface area contributed by atoms with Crippen LogP contribution in [0.2, 0.25) is 0 Å². The molecule has 0 unspecified atom stereocenters. The lowest BCUT2D eigenvalue weighted by Crippen LogP contribution is -1.97. The SMILES string of the molecule is CCC(=CC=Cc1ccccc1C#N)C(=O)O. The number of carboxylic acid groups (broad SMARTS) is 1. The Kier molecular flexibility index (Phi) is 4.71. The summed E-state index contributed by atoms with van der Waals surface area (Å²) in [5, 5.41) is 17.7. The van der Waals surface area contributed by atoms with Crippen LogP contribution in [-0.2, 0) is 4.79 Å². The lowest BCUT2D eigenvalue weighted by Gasteiger charge is -1.96. The maximum Gasteiger partial charge on any atom is 0.331 e. The van der Waals surface area contributed by atoms with Gasteiger partial charge in [-0.1, -0.05) is 43.4 Å². The quantitative estimate of drug-likeness (QED) is 0.635. The van der Waals surface area contributed by atoms with E-state index in [2.05, 4.69) is 6.07 Å². The first kappa shape index (κ1) is 12.7. The van der Waals surface area contributed by atoms with E-state index in [4.69, 9.17) is 10.4 Å². The first-order valence-electron chi connectivity index (χ1n) is 5.28. The van der Waals surface area contributed by atoms with Crippen LogP contribution in [0.3, 0.4) is 0 Å². The summed E-state index contributed by atoms with van der Waals surface area (Å²) in [7, 11) is 0. The van der Waals surface area contributed by atoms with Gasteiger partial charge in [-0.15, -0.1) is 0 Å². The molecule has 0 saturated carbocycles. The van der Waals surface area contributed by atoms with Crippen LogP contribution in [0.1, 0.15) is 24.5 Å². The molecule has 0 fully saturated rings. The number of aliphatic carboxylic acids is 1. The fourth-order valence-electron chi connectivity index (χ4n) is 1.35. The van der Waals surface area contributed by atoms with Crippen LogP contribution >= 0.6 is 0 Å². The number of hydrogen-bond donors (Lipinski definition) is 1. The molecule has 17 heavy (non-hydrogen) atoms. The van der Waals surface area contributed by atoms with Crippen LogP contribution in [-0.4, -0.2) is 11.1 Å². The van der Waals surface area contributed by atoms with Gasteiger partial charge in [0.05, 0.1) is 11.6 Å². The largest absolute Gasteiger partial charge is 0.478 e. The highest BCUT2D eigenvalue weighted by Crippen LogP contribution is 2.10. The predicted molar refractivity (Wildman–Crippen MR) is 66.2 cm³/mol. The average molecular weight is 227 g/mol. The van der Waals surface area contributed by atoms with E-state index in [-0.39, 0.29) is 0 Å². The van der Waals surface area contributed by atoms with Gasteiger partial charge in [-0.05, 0) is 18.1 Å². The highest BCUT2D eigenvalue weighted by atomic mass is 16.4. The number of rotatable bonds is 4. The zero-order valence-electron chi connectivity index (χ0n) is 9.55.